The molecule has 6 nitrogen and oxygen atoms in total. The van der Waals surface area contributed by atoms with Gasteiger partial charge in [0.2, 0.25) is 0 Å². The Kier molecular flexibility index (Phi) is 3.33. The zero-order valence-electron chi connectivity index (χ0n) is 10.0. The Balaban J connectivity index is 2.38. The molecule has 0 spiro atoms. The summed E-state index contributed by atoms with van der Waals surface area (Å²) in [5.74, 6) is 0.299. The van der Waals surface area contributed by atoms with Crippen molar-refractivity contribution in [1.29, 1.82) is 0 Å². The largest absolute Gasteiger partial charge is 0.385 e. The zero-order chi connectivity index (χ0) is 12.4. The topological polar surface area (TPSA) is 84.1 Å². The number of H-pyrrole nitrogens is 1. The number of anilines is 1. The molecule has 6 heteroatoms. The normalized spacial score (nSPS) is 16.5. The molecule has 2 heterocycles. The van der Waals surface area contributed by atoms with E-state index in [1.807, 2.05) is 6.92 Å². The van der Waals surface area contributed by atoms with Gasteiger partial charge in [-0.05, 0) is 32.9 Å². The molecule has 1 aliphatic heterocycles. The van der Waals surface area contributed by atoms with Gasteiger partial charge < -0.3 is 5.73 Å². The van der Waals surface area contributed by atoms with Crippen LogP contribution in [0.4, 0.5) is 5.82 Å². The average molecular weight is 238 g/mol. The molecule has 0 radical (unpaired) electrons. The van der Waals surface area contributed by atoms with Gasteiger partial charge in [0, 0.05) is 13.1 Å². The average Bonchev–Trinajstić information content (AvgIpc) is 2.77. The van der Waals surface area contributed by atoms with Crippen LogP contribution in [0, 0.1) is 0 Å². The van der Waals surface area contributed by atoms with Gasteiger partial charge >= 0.3 is 5.69 Å². The summed E-state index contributed by atoms with van der Waals surface area (Å²) < 4.78 is 1.40. The van der Waals surface area contributed by atoms with E-state index >= 15 is 0 Å². The summed E-state index contributed by atoms with van der Waals surface area (Å²) in [5, 5.41) is 0. The van der Waals surface area contributed by atoms with Crippen molar-refractivity contribution < 1.29 is 0 Å². The van der Waals surface area contributed by atoms with Crippen LogP contribution < -0.4 is 17.0 Å². The molecule has 0 amide bonds. The number of aromatic nitrogens is 2. The molecule has 0 atom stereocenters. The molecule has 0 aliphatic carbocycles. The van der Waals surface area contributed by atoms with Crippen molar-refractivity contribution in [2.24, 2.45) is 0 Å². The molecule has 1 saturated heterocycles. The molecule has 3 N–H and O–H groups in total. The second kappa shape index (κ2) is 4.75. The molecule has 1 aliphatic rings. The molecular formula is C11H18N4O2. The van der Waals surface area contributed by atoms with Crippen LogP contribution in [-0.4, -0.2) is 27.5 Å². The van der Waals surface area contributed by atoms with Crippen LogP contribution in [0.25, 0.3) is 0 Å². The van der Waals surface area contributed by atoms with Crippen LogP contribution >= 0.6 is 0 Å². The van der Waals surface area contributed by atoms with Gasteiger partial charge in [-0.1, -0.05) is 0 Å². The lowest BCUT2D eigenvalue weighted by Gasteiger charge is -2.16. The maximum atomic E-state index is 11.7. The first-order valence-corrected chi connectivity index (χ1v) is 5.97. The van der Waals surface area contributed by atoms with Crippen molar-refractivity contribution in [3.05, 3.63) is 26.4 Å². The number of hydrogen-bond donors (Lipinski definition) is 2. The number of aromatic amines is 1. The minimum atomic E-state index is -0.430. The highest BCUT2D eigenvalue weighted by atomic mass is 16.2. The summed E-state index contributed by atoms with van der Waals surface area (Å²) in [6.07, 6.45) is 2.32. The standard InChI is InChI=1S/C11H18N4O2/c1-2-15-9(12)8(10(16)13-11(15)17)7-14-5-3-4-6-14/h2-7,12H2,1H3,(H,13,16,17). The first kappa shape index (κ1) is 11.9. The predicted molar refractivity (Wildman–Crippen MR) is 65.9 cm³/mol. The first-order valence-electron chi connectivity index (χ1n) is 5.97. The van der Waals surface area contributed by atoms with Crippen molar-refractivity contribution in [1.82, 2.24) is 14.5 Å². The van der Waals surface area contributed by atoms with Crippen LogP contribution in [0.2, 0.25) is 0 Å². The van der Waals surface area contributed by atoms with Gasteiger partial charge in [-0.15, -0.1) is 0 Å². The van der Waals surface area contributed by atoms with Gasteiger partial charge in [-0.3, -0.25) is 19.2 Å². The van der Waals surface area contributed by atoms with Gasteiger partial charge in [-0.2, -0.15) is 0 Å². The Labute approximate surface area is 99.1 Å². The summed E-state index contributed by atoms with van der Waals surface area (Å²) in [6, 6.07) is 0. The van der Waals surface area contributed by atoms with Crippen molar-refractivity contribution in [3.8, 4) is 0 Å². The van der Waals surface area contributed by atoms with E-state index in [0.717, 1.165) is 25.9 Å². The Morgan fingerprint density at radius 3 is 2.53 bits per heavy atom. The number of rotatable bonds is 3. The smallest absolute Gasteiger partial charge is 0.329 e. The van der Waals surface area contributed by atoms with E-state index in [9.17, 15) is 9.59 Å². The number of nitrogens with zero attached hydrogens (tertiary/aromatic N) is 2. The molecule has 2 rings (SSSR count). The summed E-state index contributed by atoms with van der Waals surface area (Å²) in [7, 11) is 0. The van der Waals surface area contributed by atoms with Crippen molar-refractivity contribution >= 4 is 5.82 Å². The van der Waals surface area contributed by atoms with E-state index in [1.165, 1.54) is 4.57 Å². The van der Waals surface area contributed by atoms with E-state index in [4.69, 9.17) is 5.73 Å². The third-order valence-corrected chi connectivity index (χ3v) is 3.24. The quantitative estimate of drug-likeness (QED) is 0.759. The minimum Gasteiger partial charge on any atom is -0.385 e. The van der Waals surface area contributed by atoms with Gasteiger partial charge in [0.25, 0.3) is 5.56 Å². The molecule has 0 aromatic carbocycles. The maximum absolute atomic E-state index is 11.7. The number of nitrogens with two attached hydrogens (primary N) is 1. The number of nitrogen functional groups attached to an aromatic ring is 1. The number of nitrogens with one attached hydrogen (secondary N) is 1. The van der Waals surface area contributed by atoms with Crippen LogP contribution in [0.1, 0.15) is 25.3 Å². The Morgan fingerprint density at radius 2 is 1.94 bits per heavy atom. The fourth-order valence-corrected chi connectivity index (χ4v) is 2.26. The molecule has 1 fully saturated rings. The molecular weight excluding hydrogens is 220 g/mol. The summed E-state index contributed by atoms with van der Waals surface area (Å²) in [6.45, 7) is 4.81. The fraction of sp³-hybridized carbons (Fsp3) is 0.636. The summed E-state index contributed by atoms with van der Waals surface area (Å²) >= 11 is 0. The Bertz CT molecular complexity index is 511. The SMILES string of the molecule is CCn1c(N)c(CN2CCCC2)c(=O)[nH]c1=O. The lowest BCUT2D eigenvalue weighted by molar-refractivity contribution is 0.329. The molecule has 1 aromatic heterocycles. The first-order chi connectivity index (χ1) is 8.13. The summed E-state index contributed by atoms with van der Waals surface area (Å²) in [5.41, 5.74) is 5.61. The Hall–Kier alpha value is -1.56. The van der Waals surface area contributed by atoms with Gasteiger partial charge in [0.15, 0.2) is 0 Å². The molecule has 0 unspecified atom stereocenters. The van der Waals surface area contributed by atoms with E-state index in [-0.39, 0.29) is 5.56 Å². The minimum absolute atomic E-state index is 0.299. The third-order valence-electron chi connectivity index (χ3n) is 3.24. The monoisotopic (exact) mass is 238 g/mol. The van der Waals surface area contributed by atoms with Crippen LogP contribution in [0.5, 0.6) is 0 Å². The molecule has 94 valence electrons. The van der Waals surface area contributed by atoms with E-state index < -0.39 is 5.69 Å². The highest BCUT2D eigenvalue weighted by Crippen LogP contribution is 2.13. The highest BCUT2D eigenvalue weighted by molar-refractivity contribution is 5.38. The lowest BCUT2D eigenvalue weighted by Crippen LogP contribution is -2.36. The van der Waals surface area contributed by atoms with Crippen molar-refractivity contribution in [2.75, 3.05) is 18.8 Å². The molecule has 0 saturated carbocycles. The van der Waals surface area contributed by atoms with Crippen LogP contribution in [-0.2, 0) is 13.1 Å². The van der Waals surface area contributed by atoms with Gasteiger partial charge in [0.05, 0.1) is 5.56 Å². The Morgan fingerprint density at radius 1 is 1.29 bits per heavy atom. The van der Waals surface area contributed by atoms with Crippen LogP contribution in [0.3, 0.4) is 0 Å². The summed E-state index contributed by atoms with van der Waals surface area (Å²) in [4.78, 5) is 27.7. The van der Waals surface area contributed by atoms with E-state index in [2.05, 4.69) is 9.88 Å². The maximum Gasteiger partial charge on any atom is 0.329 e. The number of likely N-dealkylation sites (tertiary alicyclic amines) is 1. The van der Waals surface area contributed by atoms with Gasteiger partial charge in [0.1, 0.15) is 5.82 Å². The predicted octanol–water partition coefficient (Wildman–Crippen LogP) is -0.265. The van der Waals surface area contributed by atoms with Crippen molar-refractivity contribution in [3.63, 3.8) is 0 Å². The third kappa shape index (κ3) is 2.26. The molecule has 1 aromatic rings. The number of hydrogen-bond acceptors (Lipinski definition) is 4. The zero-order valence-corrected chi connectivity index (χ0v) is 10.0. The molecule has 0 bridgehead atoms. The van der Waals surface area contributed by atoms with E-state index in [1.54, 1.807) is 0 Å². The van der Waals surface area contributed by atoms with Gasteiger partial charge in [-0.25, -0.2) is 4.79 Å². The lowest BCUT2D eigenvalue weighted by atomic mass is 10.2. The fourth-order valence-electron chi connectivity index (χ4n) is 2.26. The highest BCUT2D eigenvalue weighted by Gasteiger charge is 2.17. The van der Waals surface area contributed by atoms with Crippen molar-refractivity contribution in [2.45, 2.75) is 32.9 Å². The van der Waals surface area contributed by atoms with E-state index in [0.29, 0.717) is 24.5 Å². The van der Waals surface area contributed by atoms with Crippen LogP contribution in [0.15, 0.2) is 9.59 Å². The second-order valence-electron chi connectivity index (χ2n) is 4.35. The molecule has 17 heavy (non-hydrogen) atoms. The second-order valence-corrected chi connectivity index (χ2v) is 4.35.